The molecule has 0 fully saturated rings. The molecule has 0 rings (SSSR count). The van der Waals surface area contributed by atoms with Crippen LogP contribution in [-0.4, -0.2) is 36.7 Å². The topological polar surface area (TPSA) is 40.5 Å². The Morgan fingerprint density at radius 3 is 1.05 bits per heavy atom. The Hall–Kier alpha value is 0.340. The van der Waals surface area contributed by atoms with Gasteiger partial charge in [-0.2, -0.15) is 26.3 Å². The number of halogens is 6. The van der Waals surface area contributed by atoms with Crippen molar-refractivity contribution in [1.82, 2.24) is 0 Å². The molecule has 0 aliphatic carbocycles. The first kappa shape index (κ1) is 24.4. The van der Waals surface area contributed by atoms with Crippen LogP contribution in [0.2, 0.25) is 18.1 Å². The predicted molar refractivity (Wildman–Crippen MR) is 57.5 cm³/mol. The summed E-state index contributed by atoms with van der Waals surface area (Å²) in [5, 5.41) is 7.47. The smallest absolute Gasteiger partial charge is 0.423 e. The molecule has 114 valence electrons. The number of aliphatic hydroxyl groups excluding tert-OH is 1. The summed E-state index contributed by atoms with van der Waals surface area (Å²) in [7, 11) is -1.67. The van der Waals surface area contributed by atoms with Crippen molar-refractivity contribution < 1.29 is 55.7 Å². The Kier molecular flexibility index (Phi) is 11.9. The van der Waals surface area contributed by atoms with Crippen molar-refractivity contribution in [3.63, 3.8) is 0 Å². The molecule has 0 radical (unpaired) electrons. The summed E-state index contributed by atoms with van der Waals surface area (Å²) in [4.78, 5) is 9.58. The van der Waals surface area contributed by atoms with E-state index in [1.165, 1.54) is 0 Å². The van der Waals surface area contributed by atoms with Gasteiger partial charge < -0.3 is 9.90 Å². The summed E-state index contributed by atoms with van der Waals surface area (Å²) < 4.78 is 65.9. The van der Waals surface area contributed by atoms with Gasteiger partial charge in [-0.15, -0.1) is 0 Å². The van der Waals surface area contributed by atoms with Gasteiger partial charge in [0.25, 0.3) is 0 Å². The van der Waals surface area contributed by atoms with Gasteiger partial charge in [-0.3, -0.25) is 0 Å². The maximum Gasteiger partial charge on any atom is 0.423 e. The second kappa shape index (κ2) is 9.31. The fourth-order valence-electron chi connectivity index (χ4n) is 0.936. The van der Waals surface area contributed by atoms with Gasteiger partial charge in [-0.25, -0.2) is 0 Å². The predicted octanol–water partition coefficient (Wildman–Crippen LogP) is 3.45. The maximum atomic E-state index is 11.0. The minimum absolute atomic E-state index is 0. The Balaban J connectivity index is -0.000000262. The number of hydrogen-bond acceptors (Lipinski definition) is 2. The SMILES string of the molecule is CC[Si](O)(CC)CC.OC(C(F)(F)F)C(F)(F)F.[Zn]. The molecule has 0 heterocycles. The molecule has 0 unspecified atom stereocenters. The third-order valence-corrected chi connectivity index (χ3v) is 6.54. The van der Waals surface area contributed by atoms with Crippen LogP contribution in [0, 0.1) is 0 Å². The molecule has 0 aromatic carbocycles. The third kappa shape index (κ3) is 10.8. The summed E-state index contributed by atoms with van der Waals surface area (Å²) in [6.45, 7) is 6.25. The Labute approximate surface area is 122 Å². The van der Waals surface area contributed by atoms with Crippen molar-refractivity contribution in [2.24, 2.45) is 0 Å². The summed E-state index contributed by atoms with van der Waals surface area (Å²) >= 11 is 0. The van der Waals surface area contributed by atoms with E-state index in [0.717, 1.165) is 18.1 Å². The van der Waals surface area contributed by atoms with Crippen molar-refractivity contribution in [3.8, 4) is 0 Å². The third-order valence-electron chi connectivity index (χ3n) is 2.59. The van der Waals surface area contributed by atoms with E-state index in [1.54, 1.807) is 0 Å². The average Bonchev–Trinajstić information content (AvgIpc) is 2.25. The van der Waals surface area contributed by atoms with Gasteiger partial charge in [0.15, 0.2) is 8.32 Å². The second-order valence-electron chi connectivity index (χ2n) is 3.77. The molecule has 0 amide bonds. The molecule has 2 N–H and O–H groups in total. The zero-order valence-corrected chi connectivity index (χ0v) is 15.0. The largest absolute Gasteiger partial charge is 0.432 e. The number of hydrogen-bond donors (Lipinski definition) is 2. The molecule has 0 bridgehead atoms. The van der Waals surface area contributed by atoms with Crippen LogP contribution in [0.5, 0.6) is 0 Å². The van der Waals surface area contributed by atoms with Crippen LogP contribution < -0.4 is 0 Å². The van der Waals surface area contributed by atoms with Gasteiger partial charge >= 0.3 is 12.4 Å². The van der Waals surface area contributed by atoms with Crippen molar-refractivity contribution in [3.05, 3.63) is 0 Å². The Morgan fingerprint density at radius 2 is 1.05 bits per heavy atom. The minimum atomic E-state index is -5.63. The van der Waals surface area contributed by atoms with Crippen LogP contribution in [0.25, 0.3) is 0 Å². The van der Waals surface area contributed by atoms with E-state index in [9.17, 15) is 31.1 Å². The van der Waals surface area contributed by atoms with Gasteiger partial charge in [0.05, 0.1) is 0 Å². The molecule has 0 aliphatic heterocycles. The summed E-state index contributed by atoms with van der Waals surface area (Å²) in [5.41, 5.74) is 0. The number of alkyl halides is 6. The van der Waals surface area contributed by atoms with Crippen LogP contribution in [0.1, 0.15) is 20.8 Å². The second-order valence-corrected chi connectivity index (χ2v) is 8.34. The van der Waals surface area contributed by atoms with Crippen molar-refractivity contribution in [2.75, 3.05) is 0 Å². The fourth-order valence-corrected chi connectivity index (χ4v) is 2.44. The van der Waals surface area contributed by atoms with E-state index in [0.29, 0.717) is 0 Å². The first-order valence-corrected chi connectivity index (χ1v) is 7.94. The molecule has 0 aliphatic rings. The van der Waals surface area contributed by atoms with Crippen LogP contribution in [-0.2, 0) is 19.5 Å². The molecular formula is C9H18F6O2SiZn. The molecule has 0 saturated heterocycles. The zero-order valence-electron chi connectivity index (χ0n) is 11.1. The molecule has 2 nitrogen and oxygen atoms in total. The van der Waals surface area contributed by atoms with Gasteiger partial charge in [0.2, 0.25) is 6.10 Å². The molecule has 0 atom stereocenters. The van der Waals surface area contributed by atoms with Crippen LogP contribution in [0.15, 0.2) is 0 Å². The van der Waals surface area contributed by atoms with Crippen LogP contribution in [0.3, 0.4) is 0 Å². The number of aliphatic hydroxyl groups is 1. The Bertz CT molecular complexity index is 207. The number of rotatable bonds is 3. The van der Waals surface area contributed by atoms with Crippen molar-refractivity contribution in [2.45, 2.75) is 57.4 Å². The van der Waals surface area contributed by atoms with Gasteiger partial charge in [0.1, 0.15) is 0 Å². The molecule has 19 heavy (non-hydrogen) atoms. The maximum absolute atomic E-state index is 11.0. The van der Waals surface area contributed by atoms with E-state index < -0.39 is 26.8 Å². The zero-order chi connectivity index (χ0) is 15.2. The molecular weight excluding hydrogens is 348 g/mol. The summed E-state index contributed by atoms with van der Waals surface area (Å²) in [6.07, 6.45) is -15.5. The van der Waals surface area contributed by atoms with Gasteiger partial charge in [-0.05, 0) is 18.1 Å². The first-order chi connectivity index (χ1) is 7.84. The van der Waals surface area contributed by atoms with E-state index >= 15 is 0 Å². The summed E-state index contributed by atoms with van der Waals surface area (Å²) in [5.74, 6) is 0. The van der Waals surface area contributed by atoms with Gasteiger partial charge in [-0.1, -0.05) is 20.8 Å². The summed E-state index contributed by atoms with van der Waals surface area (Å²) in [6, 6.07) is 3.04. The fraction of sp³-hybridized carbons (Fsp3) is 1.00. The standard InChI is InChI=1S/C6H16OSi.C3H2F6O.Zn/c1-4-8(7,5-2)6-3;4-2(5,6)1(10)3(7,8)9;/h7H,4-6H2,1-3H3;1,10H;. The quantitative estimate of drug-likeness (QED) is 0.594. The molecule has 0 aromatic rings. The Morgan fingerprint density at radius 1 is 0.842 bits per heavy atom. The minimum Gasteiger partial charge on any atom is -0.432 e. The average molecular weight is 366 g/mol. The van der Waals surface area contributed by atoms with Crippen LogP contribution in [0.4, 0.5) is 26.3 Å². The van der Waals surface area contributed by atoms with E-state index in [1.807, 2.05) is 0 Å². The monoisotopic (exact) mass is 364 g/mol. The first-order valence-electron chi connectivity index (χ1n) is 5.38. The van der Waals surface area contributed by atoms with Crippen molar-refractivity contribution in [1.29, 1.82) is 0 Å². The van der Waals surface area contributed by atoms with Crippen molar-refractivity contribution >= 4 is 8.32 Å². The van der Waals surface area contributed by atoms with Crippen LogP contribution >= 0.6 is 0 Å². The van der Waals surface area contributed by atoms with E-state index in [2.05, 4.69) is 20.8 Å². The van der Waals surface area contributed by atoms with E-state index in [-0.39, 0.29) is 19.5 Å². The van der Waals surface area contributed by atoms with E-state index in [4.69, 9.17) is 5.11 Å². The molecule has 10 heteroatoms. The molecule has 0 saturated carbocycles. The normalized spacial score (nSPS) is 12.6. The molecule has 0 aromatic heterocycles. The molecule has 0 spiro atoms. The van der Waals surface area contributed by atoms with Gasteiger partial charge in [0, 0.05) is 19.5 Å².